The number of aryl methyl sites for hydroxylation is 2. The van der Waals surface area contributed by atoms with E-state index in [1.54, 1.807) is 0 Å². The van der Waals surface area contributed by atoms with E-state index in [-0.39, 0.29) is 0 Å². The molecule has 0 spiro atoms. The SMILES string of the molecule is CCCNCCCCOc1ccc2c(c1)CCC2. The minimum atomic E-state index is 0.840. The number of hydrogen-bond donors (Lipinski definition) is 1. The monoisotopic (exact) mass is 247 g/mol. The normalized spacial score (nSPS) is 13.6. The van der Waals surface area contributed by atoms with Crippen LogP contribution in [-0.4, -0.2) is 19.7 Å². The molecule has 0 aromatic heterocycles. The van der Waals surface area contributed by atoms with Crippen LogP contribution in [0.25, 0.3) is 0 Å². The van der Waals surface area contributed by atoms with E-state index in [4.69, 9.17) is 4.74 Å². The van der Waals surface area contributed by atoms with Gasteiger partial charge >= 0.3 is 0 Å². The van der Waals surface area contributed by atoms with E-state index in [1.807, 2.05) is 0 Å². The summed E-state index contributed by atoms with van der Waals surface area (Å²) >= 11 is 0. The van der Waals surface area contributed by atoms with Crippen molar-refractivity contribution in [3.8, 4) is 5.75 Å². The number of hydrogen-bond acceptors (Lipinski definition) is 2. The molecule has 0 radical (unpaired) electrons. The van der Waals surface area contributed by atoms with Gasteiger partial charge in [0.25, 0.3) is 0 Å². The van der Waals surface area contributed by atoms with Crippen LogP contribution < -0.4 is 10.1 Å². The van der Waals surface area contributed by atoms with Crippen molar-refractivity contribution in [2.75, 3.05) is 19.7 Å². The summed E-state index contributed by atoms with van der Waals surface area (Å²) in [5, 5.41) is 3.41. The third-order valence-corrected chi connectivity index (χ3v) is 3.51. The molecule has 1 N–H and O–H groups in total. The van der Waals surface area contributed by atoms with Gasteiger partial charge in [0, 0.05) is 0 Å². The molecular formula is C16H25NO. The summed E-state index contributed by atoms with van der Waals surface area (Å²) in [6, 6.07) is 6.59. The van der Waals surface area contributed by atoms with Crippen molar-refractivity contribution < 1.29 is 4.74 Å². The van der Waals surface area contributed by atoms with E-state index in [1.165, 1.54) is 43.2 Å². The molecule has 1 aliphatic rings. The Balaban J connectivity index is 1.62. The molecule has 0 bridgehead atoms. The molecule has 0 aliphatic heterocycles. The van der Waals surface area contributed by atoms with Crippen molar-refractivity contribution in [2.45, 2.75) is 45.4 Å². The van der Waals surface area contributed by atoms with Gasteiger partial charge in [0.1, 0.15) is 5.75 Å². The number of ether oxygens (including phenoxy) is 1. The first-order valence-corrected chi connectivity index (χ1v) is 7.35. The lowest BCUT2D eigenvalue weighted by molar-refractivity contribution is 0.305. The lowest BCUT2D eigenvalue weighted by Gasteiger charge is -2.08. The first-order valence-electron chi connectivity index (χ1n) is 7.35. The fourth-order valence-corrected chi connectivity index (χ4v) is 2.48. The highest BCUT2D eigenvalue weighted by molar-refractivity contribution is 5.38. The molecule has 0 atom stereocenters. The molecule has 0 saturated carbocycles. The van der Waals surface area contributed by atoms with E-state index in [9.17, 15) is 0 Å². The standard InChI is InChI=1S/C16H25NO/c1-2-10-17-11-3-4-12-18-16-9-8-14-6-5-7-15(14)13-16/h8-9,13,17H,2-7,10-12H2,1H3. The van der Waals surface area contributed by atoms with Crippen LogP contribution in [0, 0.1) is 0 Å². The molecule has 2 heteroatoms. The molecular weight excluding hydrogens is 222 g/mol. The lowest BCUT2D eigenvalue weighted by atomic mass is 10.1. The van der Waals surface area contributed by atoms with Crippen molar-refractivity contribution in [3.05, 3.63) is 29.3 Å². The Morgan fingerprint density at radius 3 is 2.89 bits per heavy atom. The largest absolute Gasteiger partial charge is 0.494 e. The van der Waals surface area contributed by atoms with Crippen molar-refractivity contribution in [3.63, 3.8) is 0 Å². The Morgan fingerprint density at radius 2 is 2.00 bits per heavy atom. The highest BCUT2D eigenvalue weighted by atomic mass is 16.5. The molecule has 0 amide bonds. The zero-order valence-electron chi connectivity index (χ0n) is 11.5. The molecule has 0 heterocycles. The Kier molecular flexibility index (Phi) is 5.53. The minimum absolute atomic E-state index is 0.840. The second-order valence-corrected chi connectivity index (χ2v) is 5.09. The van der Waals surface area contributed by atoms with Gasteiger partial charge < -0.3 is 10.1 Å². The Bertz CT molecular complexity index is 362. The second-order valence-electron chi connectivity index (χ2n) is 5.09. The smallest absolute Gasteiger partial charge is 0.119 e. The average Bonchev–Trinajstić information content (AvgIpc) is 2.85. The van der Waals surface area contributed by atoms with Crippen molar-refractivity contribution in [2.24, 2.45) is 0 Å². The number of rotatable bonds is 8. The summed E-state index contributed by atoms with van der Waals surface area (Å²) in [4.78, 5) is 0. The maximum atomic E-state index is 5.81. The number of nitrogens with one attached hydrogen (secondary N) is 1. The van der Waals surface area contributed by atoms with Crippen LogP contribution in [0.5, 0.6) is 5.75 Å². The molecule has 2 nitrogen and oxygen atoms in total. The van der Waals surface area contributed by atoms with Gasteiger partial charge in [-0.3, -0.25) is 0 Å². The predicted molar refractivity (Wildman–Crippen MR) is 76.4 cm³/mol. The van der Waals surface area contributed by atoms with Gasteiger partial charge in [-0.25, -0.2) is 0 Å². The summed E-state index contributed by atoms with van der Waals surface area (Å²) in [6.07, 6.45) is 7.33. The first-order chi connectivity index (χ1) is 8.90. The van der Waals surface area contributed by atoms with Crippen LogP contribution in [0.4, 0.5) is 0 Å². The molecule has 2 rings (SSSR count). The number of unbranched alkanes of at least 4 members (excludes halogenated alkanes) is 1. The molecule has 100 valence electrons. The van der Waals surface area contributed by atoms with Gasteiger partial charge in [-0.1, -0.05) is 13.0 Å². The van der Waals surface area contributed by atoms with Gasteiger partial charge in [-0.05, 0) is 74.9 Å². The third kappa shape index (κ3) is 4.02. The summed E-state index contributed by atoms with van der Waals surface area (Å²) in [5.41, 5.74) is 3.02. The van der Waals surface area contributed by atoms with E-state index in [0.717, 1.165) is 31.9 Å². The van der Waals surface area contributed by atoms with Gasteiger partial charge in [0.05, 0.1) is 6.61 Å². The predicted octanol–water partition coefficient (Wildman–Crippen LogP) is 3.33. The summed E-state index contributed by atoms with van der Waals surface area (Å²) in [5.74, 6) is 1.05. The van der Waals surface area contributed by atoms with E-state index in [2.05, 4.69) is 30.4 Å². The quantitative estimate of drug-likeness (QED) is 0.711. The molecule has 0 saturated heterocycles. The fourth-order valence-electron chi connectivity index (χ4n) is 2.48. The molecule has 1 aliphatic carbocycles. The Morgan fingerprint density at radius 1 is 1.11 bits per heavy atom. The Labute approximate surface area is 111 Å². The zero-order valence-corrected chi connectivity index (χ0v) is 11.5. The van der Waals surface area contributed by atoms with Crippen molar-refractivity contribution in [1.29, 1.82) is 0 Å². The highest BCUT2D eigenvalue weighted by Crippen LogP contribution is 2.25. The zero-order chi connectivity index (χ0) is 12.6. The molecule has 0 fully saturated rings. The topological polar surface area (TPSA) is 21.3 Å². The molecule has 1 aromatic carbocycles. The number of fused-ring (bicyclic) bond motifs is 1. The van der Waals surface area contributed by atoms with Gasteiger partial charge in [-0.2, -0.15) is 0 Å². The van der Waals surface area contributed by atoms with Gasteiger partial charge in [0.15, 0.2) is 0 Å². The van der Waals surface area contributed by atoms with Gasteiger partial charge in [-0.15, -0.1) is 0 Å². The number of benzene rings is 1. The van der Waals surface area contributed by atoms with E-state index >= 15 is 0 Å². The van der Waals surface area contributed by atoms with Crippen LogP contribution in [0.2, 0.25) is 0 Å². The van der Waals surface area contributed by atoms with Crippen LogP contribution in [0.1, 0.15) is 43.7 Å². The maximum absolute atomic E-state index is 5.81. The van der Waals surface area contributed by atoms with Crippen LogP contribution in [0.15, 0.2) is 18.2 Å². The highest BCUT2D eigenvalue weighted by Gasteiger charge is 2.10. The third-order valence-electron chi connectivity index (χ3n) is 3.51. The second kappa shape index (κ2) is 7.42. The fraction of sp³-hybridized carbons (Fsp3) is 0.625. The molecule has 0 unspecified atom stereocenters. The van der Waals surface area contributed by atoms with E-state index in [0.29, 0.717) is 0 Å². The van der Waals surface area contributed by atoms with Crippen LogP contribution in [-0.2, 0) is 12.8 Å². The minimum Gasteiger partial charge on any atom is -0.494 e. The van der Waals surface area contributed by atoms with Crippen LogP contribution in [0.3, 0.4) is 0 Å². The summed E-state index contributed by atoms with van der Waals surface area (Å²) in [6.45, 7) is 5.28. The summed E-state index contributed by atoms with van der Waals surface area (Å²) < 4.78 is 5.81. The molecule has 1 aromatic rings. The van der Waals surface area contributed by atoms with E-state index < -0.39 is 0 Å². The summed E-state index contributed by atoms with van der Waals surface area (Å²) in [7, 11) is 0. The van der Waals surface area contributed by atoms with Gasteiger partial charge in [0.2, 0.25) is 0 Å². The van der Waals surface area contributed by atoms with Crippen molar-refractivity contribution in [1.82, 2.24) is 5.32 Å². The molecule has 18 heavy (non-hydrogen) atoms. The maximum Gasteiger partial charge on any atom is 0.119 e. The van der Waals surface area contributed by atoms with Crippen molar-refractivity contribution >= 4 is 0 Å². The lowest BCUT2D eigenvalue weighted by Crippen LogP contribution is -2.16. The van der Waals surface area contributed by atoms with Crippen LogP contribution >= 0.6 is 0 Å². The Hall–Kier alpha value is -1.02. The first kappa shape index (κ1) is 13.4. The average molecular weight is 247 g/mol.